The van der Waals surface area contributed by atoms with Gasteiger partial charge in [0.15, 0.2) is 11.0 Å². The Morgan fingerprint density at radius 3 is 2.26 bits per heavy atom. The number of rotatable bonds is 7. The van der Waals surface area contributed by atoms with Gasteiger partial charge in [-0.05, 0) is 55.5 Å². The molecule has 0 saturated carbocycles. The van der Waals surface area contributed by atoms with E-state index in [1.54, 1.807) is 43.4 Å². The Morgan fingerprint density at radius 1 is 0.941 bits per heavy atom. The quantitative estimate of drug-likeness (QED) is 0.356. The van der Waals surface area contributed by atoms with Gasteiger partial charge in [-0.15, -0.1) is 10.2 Å². The Bertz CT molecular complexity index is 1300. The number of thioether (sulfide) groups is 1. The van der Waals surface area contributed by atoms with Crippen LogP contribution < -0.4 is 10.6 Å². The monoisotopic (exact) mass is 491 g/mol. The van der Waals surface area contributed by atoms with E-state index in [4.69, 9.17) is 11.6 Å². The van der Waals surface area contributed by atoms with Crippen molar-refractivity contribution in [2.45, 2.75) is 12.1 Å². The number of anilines is 1. The molecular formula is C25H22ClN5O2S. The summed E-state index contributed by atoms with van der Waals surface area (Å²) in [6.07, 6.45) is 0. The van der Waals surface area contributed by atoms with Gasteiger partial charge in [0.2, 0.25) is 5.91 Å². The van der Waals surface area contributed by atoms with E-state index >= 15 is 0 Å². The van der Waals surface area contributed by atoms with E-state index in [2.05, 4.69) is 20.8 Å². The molecule has 0 radical (unpaired) electrons. The molecule has 0 aliphatic heterocycles. The first-order valence-electron chi connectivity index (χ1n) is 10.5. The first-order valence-corrected chi connectivity index (χ1v) is 11.8. The summed E-state index contributed by atoms with van der Waals surface area (Å²) in [6.45, 7) is 2.03. The molecule has 172 valence electrons. The van der Waals surface area contributed by atoms with Crippen LogP contribution in [-0.4, -0.2) is 39.4 Å². The highest BCUT2D eigenvalue weighted by atomic mass is 35.5. The van der Waals surface area contributed by atoms with Crippen molar-refractivity contribution >= 4 is 40.9 Å². The van der Waals surface area contributed by atoms with E-state index in [1.807, 2.05) is 47.9 Å². The highest BCUT2D eigenvalue weighted by Gasteiger charge is 2.17. The summed E-state index contributed by atoms with van der Waals surface area (Å²) in [4.78, 5) is 24.3. The van der Waals surface area contributed by atoms with Crippen molar-refractivity contribution in [3.05, 3.63) is 88.9 Å². The van der Waals surface area contributed by atoms with Crippen LogP contribution in [-0.2, 0) is 4.79 Å². The molecule has 0 fully saturated rings. The summed E-state index contributed by atoms with van der Waals surface area (Å²) in [5.41, 5.74) is 4.04. The minimum Gasteiger partial charge on any atom is -0.355 e. The van der Waals surface area contributed by atoms with Gasteiger partial charge in [0.1, 0.15) is 0 Å². The van der Waals surface area contributed by atoms with Crippen LogP contribution in [0.5, 0.6) is 0 Å². The summed E-state index contributed by atoms with van der Waals surface area (Å²) in [6, 6.07) is 22.1. The third-order valence-electron chi connectivity index (χ3n) is 5.02. The largest absolute Gasteiger partial charge is 0.355 e. The number of hydrogen-bond acceptors (Lipinski definition) is 5. The van der Waals surface area contributed by atoms with Crippen LogP contribution in [0.25, 0.3) is 17.1 Å². The van der Waals surface area contributed by atoms with E-state index in [9.17, 15) is 9.59 Å². The Balaban J connectivity index is 1.53. The highest BCUT2D eigenvalue weighted by molar-refractivity contribution is 7.99. The van der Waals surface area contributed by atoms with Crippen molar-refractivity contribution in [2.24, 2.45) is 0 Å². The Hall–Kier alpha value is -3.62. The number of aromatic nitrogens is 3. The summed E-state index contributed by atoms with van der Waals surface area (Å²) in [7, 11) is 1.57. The molecule has 2 amide bonds. The van der Waals surface area contributed by atoms with Crippen LogP contribution in [0.4, 0.5) is 5.69 Å². The van der Waals surface area contributed by atoms with Gasteiger partial charge in [-0.3, -0.25) is 14.2 Å². The number of carbonyl (C=O) groups excluding carboxylic acids is 2. The van der Waals surface area contributed by atoms with Crippen molar-refractivity contribution < 1.29 is 9.59 Å². The fraction of sp³-hybridized carbons (Fsp3) is 0.120. The van der Waals surface area contributed by atoms with E-state index in [0.717, 1.165) is 16.8 Å². The number of aryl methyl sites for hydroxylation is 1. The average Bonchev–Trinajstić information content (AvgIpc) is 3.27. The second-order valence-electron chi connectivity index (χ2n) is 7.48. The SMILES string of the molecule is CNC(=O)c1ccc(NC(=O)CSc2nnc(-c3ccc(C)cc3)n2-c2ccc(Cl)cc2)cc1. The Morgan fingerprint density at radius 2 is 1.62 bits per heavy atom. The van der Waals surface area contributed by atoms with Crippen LogP contribution in [0, 0.1) is 6.92 Å². The molecule has 0 aliphatic rings. The molecule has 0 atom stereocenters. The molecular weight excluding hydrogens is 470 g/mol. The molecule has 3 aromatic carbocycles. The molecule has 9 heteroatoms. The molecule has 1 aromatic heterocycles. The van der Waals surface area contributed by atoms with Gasteiger partial charge in [0.25, 0.3) is 5.91 Å². The molecule has 0 spiro atoms. The zero-order valence-electron chi connectivity index (χ0n) is 18.6. The number of nitrogens with zero attached hydrogens (tertiary/aromatic N) is 3. The zero-order chi connectivity index (χ0) is 24.1. The normalized spacial score (nSPS) is 10.7. The van der Waals surface area contributed by atoms with Gasteiger partial charge in [-0.25, -0.2) is 0 Å². The summed E-state index contributed by atoms with van der Waals surface area (Å²) >= 11 is 7.37. The lowest BCUT2D eigenvalue weighted by molar-refractivity contribution is -0.113. The van der Waals surface area contributed by atoms with Crippen molar-refractivity contribution in [1.29, 1.82) is 0 Å². The van der Waals surface area contributed by atoms with Gasteiger partial charge in [-0.2, -0.15) is 0 Å². The number of benzene rings is 3. The smallest absolute Gasteiger partial charge is 0.251 e. The number of hydrogen-bond donors (Lipinski definition) is 2. The minimum atomic E-state index is -0.194. The predicted octanol–water partition coefficient (Wildman–Crippen LogP) is 4.99. The maximum atomic E-state index is 12.6. The lowest BCUT2D eigenvalue weighted by Gasteiger charge is -2.11. The van der Waals surface area contributed by atoms with Gasteiger partial charge >= 0.3 is 0 Å². The number of amides is 2. The average molecular weight is 492 g/mol. The maximum absolute atomic E-state index is 12.6. The van der Waals surface area contributed by atoms with E-state index in [0.29, 0.717) is 27.3 Å². The van der Waals surface area contributed by atoms with Gasteiger partial charge in [0.05, 0.1) is 5.75 Å². The van der Waals surface area contributed by atoms with Gasteiger partial charge in [-0.1, -0.05) is 53.2 Å². The summed E-state index contributed by atoms with van der Waals surface area (Å²) < 4.78 is 1.91. The Kier molecular flexibility index (Phi) is 7.30. The van der Waals surface area contributed by atoms with Crippen LogP contribution in [0.1, 0.15) is 15.9 Å². The molecule has 0 unspecified atom stereocenters. The molecule has 1 heterocycles. The predicted molar refractivity (Wildman–Crippen MR) is 136 cm³/mol. The van der Waals surface area contributed by atoms with E-state index in [-0.39, 0.29) is 17.6 Å². The van der Waals surface area contributed by atoms with Gasteiger partial charge < -0.3 is 10.6 Å². The number of nitrogens with one attached hydrogen (secondary N) is 2. The number of carbonyl (C=O) groups is 2. The molecule has 0 bridgehead atoms. The highest BCUT2D eigenvalue weighted by Crippen LogP contribution is 2.29. The molecule has 2 N–H and O–H groups in total. The number of halogens is 1. The fourth-order valence-electron chi connectivity index (χ4n) is 3.25. The third-order valence-corrected chi connectivity index (χ3v) is 6.20. The molecule has 7 nitrogen and oxygen atoms in total. The maximum Gasteiger partial charge on any atom is 0.251 e. The first kappa shape index (κ1) is 23.5. The van der Waals surface area contributed by atoms with Crippen molar-refractivity contribution in [3.63, 3.8) is 0 Å². The molecule has 4 rings (SSSR count). The van der Waals surface area contributed by atoms with Crippen LogP contribution in [0.2, 0.25) is 5.02 Å². The summed E-state index contributed by atoms with van der Waals surface area (Å²) in [5.74, 6) is 0.436. The lowest BCUT2D eigenvalue weighted by atomic mass is 10.1. The summed E-state index contributed by atoms with van der Waals surface area (Å²) in [5, 5.41) is 15.4. The molecule has 4 aromatic rings. The third kappa shape index (κ3) is 5.47. The first-order chi connectivity index (χ1) is 16.4. The van der Waals surface area contributed by atoms with Crippen LogP contribution in [0.3, 0.4) is 0 Å². The molecule has 0 saturated heterocycles. The topological polar surface area (TPSA) is 88.9 Å². The van der Waals surface area contributed by atoms with E-state index < -0.39 is 0 Å². The van der Waals surface area contributed by atoms with Crippen molar-refractivity contribution in [3.8, 4) is 17.1 Å². The van der Waals surface area contributed by atoms with Crippen LogP contribution >= 0.6 is 23.4 Å². The van der Waals surface area contributed by atoms with Crippen molar-refractivity contribution in [2.75, 3.05) is 18.1 Å². The molecule has 34 heavy (non-hydrogen) atoms. The fourth-order valence-corrected chi connectivity index (χ4v) is 4.13. The standard InChI is InChI=1S/C25H22ClN5O2S/c1-16-3-5-17(6-4-16)23-29-30-25(31(23)21-13-9-19(26)10-14-21)34-15-22(32)28-20-11-7-18(8-12-20)24(33)27-2/h3-14H,15H2,1-2H3,(H,27,33)(H,28,32). The van der Waals surface area contributed by atoms with Crippen molar-refractivity contribution in [1.82, 2.24) is 20.1 Å². The Labute approximate surface area is 206 Å². The molecule has 0 aliphatic carbocycles. The van der Waals surface area contributed by atoms with Gasteiger partial charge in [0, 0.05) is 34.6 Å². The lowest BCUT2D eigenvalue weighted by Crippen LogP contribution is -2.18. The minimum absolute atomic E-state index is 0.136. The second-order valence-corrected chi connectivity index (χ2v) is 8.86. The van der Waals surface area contributed by atoms with E-state index in [1.165, 1.54) is 11.8 Å². The second kappa shape index (κ2) is 10.5. The van der Waals surface area contributed by atoms with Crippen LogP contribution in [0.15, 0.2) is 78.0 Å². The zero-order valence-corrected chi connectivity index (χ0v) is 20.2.